The van der Waals surface area contributed by atoms with Gasteiger partial charge in [-0.3, -0.25) is 23.7 Å². The summed E-state index contributed by atoms with van der Waals surface area (Å²) in [4.78, 5) is 54.1. The molecule has 1 radical (unpaired) electrons. The standard InChI is InChI=1S/C22H31N5O5.Y/c1-7-17(20(30)25-16(14(3)29)8-13(2)28)27-11-18(22(4,5)6)26-19(21(27)31)23-9-15-10-24-32-12-15;/h10-12,16-17H,7-9H2,1-6H3,(H,23,26)(H,25,30);/t16-,17-;/m0./s1. The molecule has 2 atom stereocenters. The molecule has 0 unspecified atom stereocenters. The van der Waals surface area contributed by atoms with Crippen molar-refractivity contribution in [1.29, 1.82) is 0 Å². The average molecular weight is 534 g/mol. The van der Waals surface area contributed by atoms with Crippen LogP contribution >= 0.6 is 0 Å². The predicted octanol–water partition coefficient (Wildman–Crippen LogP) is 2.14. The predicted molar refractivity (Wildman–Crippen MR) is 118 cm³/mol. The van der Waals surface area contributed by atoms with Crippen LogP contribution in [0.25, 0.3) is 0 Å². The van der Waals surface area contributed by atoms with E-state index in [1.54, 1.807) is 13.1 Å². The molecule has 0 saturated heterocycles. The van der Waals surface area contributed by atoms with E-state index in [1.807, 2.05) is 20.8 Å². The SMILES string of the molecule is CC[C@@H](C(=O)N[C@@H](CC(C)=O)C(C)=O)n1cc(C(C)(C)C)nc(NCc2cnoc2)c1=O.[Y]. The monoisotopic (exact) mass is 534 g/mol. The van der Waals surface area contributed by atoms with E-state index in [0.717, 1.165) is 5.56 Å². The van der Waals surface area contributed by atoms with Gasteiger partial charge in [0.25, 0.3) is 5.56 Å². The summed E-state index contributed by atoms with van der Waals surface area (Å²) in [6.07, 6.45) is 4.77. The summed E-state index contributed by atoms with van der Waals surface area (Å²) in [5.41, 5.74) is 0.483. The van der Waals surface area contributed by atoms with Crippen LogP contribution in [0.4, 0.5) is 5.82 Å². The Labute approximate surface area is 218 Å². The fraction of sp³-hybridized carbons (Fsp3) is 0.545. The van der Waals surface area contributed by atoms with E-state index in [2.05, 4.69) is 20.8 Å². The molecule has 11 heteroatoms. The number of amides is 1. The minimum Gasteiger partial charge on any atom is -0.364 e. The Bertz CT molecular complexity index is 1030. The number of anilines is 1. The van der Waals surface area contributed by atoms with E-state index in [9.17, 15) is 19.2 Å². The van der Waals surface area contributed by atoms with Gasteiger partial charge in [0, 0.05) is 62.9 Å². The van der Waals surface area contributed by atoms with Crippen molar-refractivity contribution in [2.45, 2.75) is 78.4 Å². The molecule has 0 aliphatic heterocycles. The van der Waals surface area contributed by atoms with Crippen LogP contribution in [0, 0.1) is 0 Å². The Hall–Kier alpha value is -2.20. The first kappa shape index (κ1) is 28.8. The Morgan fingerprint density at radius 1 is 1.21 bits per heavy atom. The third-order valence-corrected chi connectivity index (χ3v) is 4.97. The van der Waals surface area contributed by atoms with Gasteiger partial charge < -0.3 is 15.2 Å². The second kappa shape index (κ2) is 12.3. The van der Waals surface area contributed by atoms with Crippen LogP contribution in [0.2, 0.25) is 0 Å². The first-order valence-electron chi connectivity index (χ1n) is 10.5. The number of nitrogens with one attached hydrogen (secondary N) is 2. The first-order valence-corrected chi connectivity index (χ1v) is 10.5. The Morgan fingerprint density at radius 2 is 1.88 bits per heavy atom. The molecule has 33 heavy (non-hydrogen) atoms. The number of aromatic nitrogens is 3. The molecular formula is C22H31N5O5Y. The first-order chi connectivity index (χ1) is 14.9. The van der Waals surface area contributed by atoms with Crippen LogP contribution in [-0.4, -0.2) is 38.2 Å². The molecular weight excluding hydrogens is 503 g/mol. The minimum atomic E-state index is -0.931. The maximum absolute atomic E-state index is 13.2. The molecule has 0 aromatic carbocycles. The molecule has 177 valence electrons. The third-order valence-electron chi connectivity index (χ3n) is 4.97. The number of ketones is 2. The van der Waals surface area contributed by atoms with Crippen molar-refractivity contribution in [3.63, 3.8) is 0 Å². The number of rotatable bonds is 10. The van der Waals surface area contributed by atoms with Crippen molar-refractivity contribution in [3.8, 4) is 0 Å². The molecule has 2 aromatic rings. The van der Waals surface area contributed by atoms with E-state index >= 15 is 0 Å². The van der Waals surface area contributed by atoms with Gasteiger partial charge in [0.2, 0.25) is 5.91 Å². The van der Waals surface area contributed by atoms with Crippen molar-refractivity contribution < 1.29 is 51.6 Å². The zero-order valence-electron chi connectivity index (χ0n) is 20.0. The van der Waals surface area contributed by atoms with Gasteiger partial charge in [0.05, 0.1) is 17.9 Å². The normalized spacial score (nSPS) is 12.9. The molecule has 2 N–H and O–H groups in total. The molecule has 1 amide bonds. The molecule has 0 bridgehead atoms. The number of hydrogen-bond donors (Lipinski definition) is 2. The zero-order valence-corrected chi connectivity index (χ0v) is 22.8. The van der Waals surface area contributed by atoms with Crippen LogP contribution in [0.3, 0.4) is 0 Å². The Balaban J connectivity index is 0.00000544. The summed E-state index contributed by atoms with van der Waals surface area (Å²) in [5, 5.41) is 9.26. The number of nitrogens with zero attached hydrogens (tertiary/aromatic N) is 3. The van der Waals surface area contributed by atoms with E-state index in [4.69, 9.17) is 4.52 Å². The van der Waals surface area contributed by atoms with Gasteiger partial charge >= 0.3 is 0 Å². The summed E-state index contributed by atoms with van der Waals surface area (Å²) >= 11 is 0. The molecule has 2 aromatic heterocycles. The fourth-order valence-electron chi connectivity index (χ4n) is 3.08. The summed E-state index contributed by atoms with van der Waals surface area (Å²) in [6.45, 7) is 10.6. The van der Waals surface area contributed by atoms with Gasteiger partial charge in [-0.05, 0) is 20.3 Å². The molecule has 0 fully saturated rings. The van der Waals surface area contributed by atoms with E-state index < -0.39 is 29.0 Å². The largest absolute Gasteiger partial charge is 0.364 e. The smallest absolute Gasteiger partial charge is 0.294 e. The molecule has 0 saturated carbocycles. The van der Waals surface area contributed by atoms with Gasteiger partial charge in [0.1, 0.15) is 18.1 Å². The van der Waals surface area contributed by atoms with Crippen molar-refractivity contribution in [3.05, 3.63) is 40.3 Å². The molecule has 0 aliphatic rings. The molecule has 2 heterocycles. The quantitative estimate of drug-likeness (QED) is 0.473. The number of carbonyl (C=O) groups is 3. The second-order valence-electron chi connectivity index (χ2n) is 8.83. The third kappa shape index (κ3) is 7.96. The second-order valence-corrected chi connectivity index (χ2v) is 8.83. The summed E-state index contributed by atoms with van der Waals surface area (Å²) in [7, 11) is 0. The topological polar surface area (TPSA) is 136 Å². The van der Waals surface area contributed by atoms with Gasteiger partial charge in [-0.1, -0.05) is 32.9 Å². The minimum absolute atomic E-state index is 0. The van der Waals surface area contributed by atoms with E-state index in [1.165, 1.54) is 30.9 Å². The van der Waals surface area contributed by atoms with Crippen molar-refractivity contribution in [1.82, 2.24) is 20.0 Å². The molecule has 2 rings (SSSR count). The number of hydrogen-bond acceptors (Lipinski definition) is 8. The maximum atomic E-state index is 13.2. The molecule has 10 nitrogen and oxygen atoms in total. The summed E-state index contributed by atoms with van der Waals surface area (Å²) in [5.74, 6) is -0.948. The fourth-order valence-corrected chi connectivity index (χ4v) is 3.08. The molecule has 0 aliphatic carbocycles. The molecule has 0 spiro atoms. The van der Waals surface area contributed by atoms with Crippen LogP contribution in [-0.2, 0) is 59.1 Å². The Morgan fingerprint density at radius 3 is 2.36 bits per heavy atom. The maximum Gasteiger partial charge on any atom is 0.294 e. The van der Waals surface area contributed by atoms with Crippen LogP contribution in [0.1, 0.15) is 71.7 Å². The summed E-state index contributed by atoms with van der Waals surface area (Å²) in [6, 6.07) is -1.81. The van der Waals surface area contributed by atoms with Crippen LogP contribution in [0.5, 0.6) is 0 Å². The Kier molecular flexibility index (Phi) is 10.8. The van der Waals surface area contributed by atoms with Crippen molar-refractivity contribution in [2.24, 2.45) is 0 Å². The van der Waals surface area contributed by atoms with Gasteiger partial charge in [-0.15, -0.1) is 0 Å². The summed E-state index contributed by atoms with van der Waals surface area (Å²) < 4.78 is 6.14. The number of carbonyl (C=O) groups excluding carboxylic acids is 3. The van der Waals surface area contributed by atoms with Crippen LogP contribution in [0.15, 0.2) is 28.0 Å². The van der Waals surface area contributed by atoms with E-state index in [-0.39, 0.29) is 63.1 Å². The van der Waals surface area contributed by atoms with Gasteiger partial charge in [-0.2, -0.15) is 0 Å². The average Bonchev–Trinajstić information content (AvgIpc) is 3.20. The zero-order chi connectivity index (χ0) is 24.1. The van der Waals surface area contributed by atoms with Gasteiger partial charge in [-0.25, -0.2) is 4.98 Å². The number of Topliss-reactive ketones (excluding diaryl/α,β-unsaturated/α-hetero) is 2. The van der Waals surface area contributed by atoms with Gasteiger partial charge in [0.15, 0.2) is 11.6 Å². The van der Waals surface area contributed by atoms with Crippen molar-refractivity contribution in [2.75, 3.05) is 5.32 Å². The van der Waals surface area contributed by atoms with Crippen molar-refractivity contribution >= 4 is 23.3 Å². The van der Waals surface area contributed by atoms with Crippen LogP contribution < -0.4 is 16.2 Å². The van der Waals surface area contributed by atoms with E-state index in [0.29, 0.717) is 12.1 Å².